The molecule has 1 aromatic rings. The molecule has 0 fully saturated rings. The van der Waals surface area contributed by atoms with Crippen molar-refractivity contribution in [2.24, 2.45) is 0 Å². The van der Waals surface area contributed by atoms with Gasteiger partial charge in [0.1, 0.15) is 0 Å². The normalized spacial score (nSPS) is 7.92. The summed E-state index contributed by atoms with van der Waals surface area (Å²) in [6.45, 7) is 0. The van der Waals surface area contributed by atoms with Crippen LogP contribution in [0.4, 0.5) is 0 Å². The Morgan fingerprint density at radius 1 is 1.67 bits per heavy atom. The maximum atomic E-state index is 10.2. The van der Waals surface area contributed by atoms with Crippen molar-refractivity contribution in [2.45, 2.75) is 0 Å². The number of aromatic nitrogens is 1. The number of carbonyl (C=O) groups is 1. The third kappa shape index (κ3) is 2.39. The number of nitrogens with zero attached hydrogens (tertiary/aromatic N) is 2. The molecule has 4 nitrogen and oxygen atoms in total. The number of rotatable bonds is 1. The van der Waals surface area contributed by atoms with Crippen LogP contribution in [-0.2, 0) is 0 Å². The Morgan fingerprint density at radius 2 is 2.33 bits per heavy atom. The minimum atomic E-state index is -1.37. The zero-order valence-corrected chi connectivity index (χ0v) is 6.44. The van der Waals surface area contributed by atoms with Crippen LogP contribution >= 0.6 is 0 Å². The van der Waals surface area contributed by atoms with Crippen molar-refractivity contribution in [3.05, 3.63) is 29.6 Å². The standard InChI is InChI=1S/C7H4N2O2.Li/c8-4-5-1-2-9-6(3-5)7(10)11;/h1-3H,(H,10,11);/q;+1/p-1. The number of carbonyl (C=O) groups excluding carboxylic acids is 1. The Kier molecular flexibility index (Phi) is 4.07. The van der Waals surface area contributed by atoms with E-state index in [0.717, 1.165) is 6.07 Å². The molecule has 0 N–H and O–H groups in total. The summed E-state index contributed by atoms with van der Waals surface area (Å²) in [5.41, 5.74) is 0.0447. The number of pyridine rings is 1. The summed E-state index contributed by atoms with van der Waals surface area (Å²) in [4.78, 5) is 13.7. The fourth-order valence-corrected chi connectivity index (χ4v) is 0.612. The maximum absolute atomic E-state index is 10.2. The molecule has 0 saturated heterocycles. The summed E-state index contributed by atoms with van der Waals surface area (Å²) < 4.78 is 0. The SMILES string of the molecule is N#Cc1ccnc(C(=O)[O-])c1.[Li+]. The third-order valence-corrected chi connectivity index (χ3v) is 1.10. The van der Waals surface area contributed by atoms with E-state index in [-0.39, 0.29) is 30.1 Å². The van der Waals surface area contributed by atoms with E-state index in [1.807, 2.05) is 0 Å². The summed E-state index contributed by atoms with van der Waals surface area (Å²) in [6, 6.07) is 4.38. The minimum absolute atomic E-state index is 0. The second-order valence-electron chi connectivity index (χ2n) is 1.83. The van der Waals surface area contributed by atoms with Gasteiger partial charge in [-0.25, -0.2) is 0 Å². The molecular formula is C7H3LiN2O2. The van der Waals surface area contributed by atoms with E-state index in [1.54, 1.807) is 6.07 Å². The first-order valence-electron chi connectivity index (χ1n) is 2.81. The Hall–Kier alpha value is -1.29. The van der Waals surface area contributed by atoms with E-state index in [4.69, 9.17) is 5.26 Å². The van der Waals surface area contributed by atoms with Crippen LogP contribution in [0.5, 0.6) is 0 Å². The Morgan fingerprint density at radius 3 is 2.83 bits per heavy atom. The van der Waals surface area contributed by atoms with E-state index < -0.39 is 5.97 Å². The van der Waals surface area contributed by atoms with Crippen molar-refractivity contribution in [3.63, 3.8) is 0 Å². The summed E-state index contributed by atoms with van der Waals surface area (Å²) >= 11 is 0. The molecule has 0 amide bonds. The molecule has 0 aliphatic carbocycles. The molecule has 0 spiro atoms. The molecule has 0 aromatic carbocycles. The van der Waals surface area contributed by atoms with Crippen LogP contribution in [0.3, 0.4) is 0 Å². The topological polar surface area (TPSA) is 76.8 Å². The molecule has 0 unspecified atom stereocenters. The first-order valence-corrected chi connectivity index (χ1v) is 2.81. The van der Waals surface area contributed by atoms with Gasteiger partial charge in [0.25, 0.3) is 0 Å². The quantitative estimate of drug-likeness (QED) is 0.390. The molecule has 12 heavy (non-hydrogen) atoms. The third-order valence-electron chi connectivity index (χ3n) is 1.10. The monoisotopic (exact) mass is 154 g/mol. The molecular weight excluding hydrogens is 151 g/mol. The second-order valence-corrected chi connectivity index (χ2v) is 1.83. The summed E-state index contributed by atoms with van der Waals surface area (Å²) in [6.07, 6.45) is 1.25. The predicted molar refractivity (Wildman–Crippen MR) is 33.3 cm³/mol. The van der Waals surface area contributed by atoms with E-state index in [9.17, 15) is 9.90 Å². The molecule has 0 aliphatic rings. The van der Waals surface area contributed by atoms with Crippen molar-refractivity contribution < 1.29 is 28.8 Å². The van der Waals surface area contributed by atoms with Gasteiger partial charge in [0, 0.05) is 6.20 Å². The van der Waals surface area contributed by atoms with Crippen LogP contribution < -0.4 is 24.0 Å². The Balaban J connectivity index is 0.00000121. The zero-order chi connectivity index (χ0) is 8.27. The zero-order valence-electron chi connectivity index (χ0n) is 6.44. The minimum Gasteiger partial charge on any atom is -0.543 e. The number of carboxylic acid groups (broad SMARTS) is 1. The van der Waals surface area contributed by atoms with Crippen LogP contribution in [0.15, 0.2) is 18.3 Å². The van der Waals surface area contributed by atoms with Gasteiger partial charge in [0.05, 0.1) is 23.3 Å². The number of carboxylic acids is 1. The van der Waals surface area contributed by atoms with Crippen molar-refractivity contribution in [1.82, 2.24) is 4.98 Å². The largest absolute Gasteiger partial charge is 1.00 e. The first kappa shape index (κ1) is 10.7. The number of nitriles is 1. The van der Waals surface area contributed by atoms with Crippen LogP contribution in [0.2, 0.25) is 0 Å². The summed E-state index contributed by atoms with van der Waals surface area (Å²) in [5.74, 6) is -1.37. The van der Waals surface area contributed by atoms with E-state index in [0.29, 0.717) is 0 Å². The van der Waals surface area contributed by atoms with E-state index >= 15 is 0 Å². The van der Waals surface area contributed by atoms with Gasteiger partial charge in [-0.1, -0.05) is 0 Å². The summed E-state index contributed by atoms with van der Waals surface area (Å²) in [7, 11) is 0. The number of hydrogen-bond acceptors (Lipinski definition) is 4. The Labute approximate surface area is 81.0 Å². The molecule has 1 heterocycles. The molecule has 5 heteroatoms. The van der Waals surface area contributed by atoms with Gasteiger partial charge in [-0.15, -0.1) is 0 Å². The fourth-order valence-electron chi connectivity index (χ4n) is 0.612. The van der Waals surface area contributed by atoms with Crippen molar-refractivity contribution >= 4 is 5.97 Å². The molecule has 0 atom stereocenters. The van der Waals surface area contributed by atoms with Crippen LogP contribution in [0.1, 0.15) is 16.1 Å². The number of hydrogen-bond donors (Lipinski definition) is 0. The average Bonchev–Trinajstić information content (AvgIpc) is 2.05. The average molecular weight is 154 g/mol. The fraction of sp³-hybridized carbons (Fsp3) is 0. The number of aromatic carboxylic acids is 1. The van der Waals surface area contributed by atoms with Crippen molar-refractivity contribution in [1.29, 1.82) is 5.26 Å². The molecule has 0 radical (unpaired) electrons. The van der Waals surface area contributed by atoms with Gasteiger partial charge in [-0.2, -0.15) is 5.26 Å². The maximum Gasteiger partial charge on any atom is 1.00 e. The van der Waals surface area contributed by atoms with Crippen molar-refractivity contribution in [2.75, 3.05) is 0 Å². The predicted octanol–water partition coefficient (Wildman–Crippen LogP) is -3.68. The van der Waals surface area contributed by atoms with Gasteiger partial charge in [0.2, 0.25) is 0 Å². The molecule has 0 aliphatic heterocycles. The van der Waals surface area contributed by atoms with Gasteiger partial charge < -0.3 is 9.90 Å². The van der Waals surface area contributed by atoms with Crippen molar-refractivity contribution in [3.8, 4) is 6.07 Å². The van der Waals surface area contributed by atoms with Gasteiger partial charge in [-0.05, 0) is 12.1 Å². The molecule has 0 saturated carbocycles. The Bertz CT molecular complexity index is 332. The van der Waals surface area contributed by atoms with Gasteiger partial charge in [0.15, 0.2) is 0 Å². The molecule has 1 aromatic heterocycles. The van der Waals surface area contributed by atoms with Gasteiger partial charge >= 0.3 is 18.9 Å². The first-order chi connectivity index (χ1) is 5.24. The van der Waals surface area contributed by atoms with E-state index in [1.165, 1.54) is 12.3 Å². The van der Waals surface area contributed by atoms with Crippen LogP contribution in [0.25, 0.3) is 0 Å². The van der Waals surface area contributed by atoms with Gasteiger partial charge in [-0.3, -0.25) is 4.98 Å². The smallest absolute Gasteiger partial charge is 0.543 e. The van der Waals surface area contributed by atoms with E-state index in [2.05, 4.69) is 4.98 Å². The van der Waals surface area contributed by atoms with Crippen LogP contribution in [-0.4, -0.2) is 11.0 Å². The molecule has 1 rings (SSSR count). The molecule has 54 valence electrons. The molecule has 0 bridgehead atoms. The second kappa shape index (κ2) is 4.56. The summed E-state index contributed by atoms with van der Waals surface area (Å²) in [5, 5.41) is 18.5. The van der Waals surface area contributed by atoms with Crippen LogP contribution in [0, 0.1) is 11.3 Å².